The topological polar surface area (TPSA) is 54.8 Å². The van der Waals surface area contributed by atoms with Crippen LogP contribution in [-0.2, 0) is 6.54 Å². The molecular formula is C13H19N5. The zero-order valence-corrected chi connectivity index (χ0v) is 10.8. The van der Waals surface area contributed by atoms with Crippen LogP contribution in [0.4, 0.5) is 11.4 Å². The summed E-state index contributed by atoms with van der Waals surface area (Å²) in [5.74, 6) is 0. The van der Waals surface area contributed by atoms with Gasteiger partial charge in [0.1, 0.15) is 0 Å². The third kappa shape index (κ3) is 3.48. The van der Waals surface area contributed by atoms with E-state index in [1.807, 2.05) is 29.3 Å². The molecule has 0 aliphatic carbocycles. The Morgan fingerprint density at radius 1 is 1.33 bits per heavy atom. The lowest BCUT2D eigenvalue weighted by Crippen LogP contribution is -2.22. The molecule has 2 heterocycles. The fourth-order valence-electron chi connectivity index (χ4n) is 1.84. The van der Waals surface area contributed by atoms with E-state index in [0.29, 0.717) is 6.04 Å². The zero-order valence-electron chi connectivity index (χ0n) is 10.8. The average molecular weight is 245 g/mol. The van der Waals surface area contributed by atoms with E-state index in [0.717, 1.165) is 24.5 Å². The lowest BCUT2D eigenvalue weighted by molar-refractivity contribution is 0.561. The molecule has 0 amide bonds. The van der Waals surface area contributed by atoms with E-state index in [1.165, 1.54) is 0 Å². The van der Waals surface area contributed by atoms with Gasteiger partial charge in [-0.3, -0.25) is 9.67 Å². The molecule has 0 aromatic carbocycles. The van der Waals surface area contributed by atoms with Gasteiger partial charge in [0.15, 0.2) is 0 Å². The Morgan fingerprint density at radius 2 is 2.17 bits per heavy atom. The van der Waals surface area contributed by atoms with Gasteiger partial charge in [-0.15, -0.1) is 0 Å². The van der Waals surface area contributed by atoms with Crippen LogP contribution in [0, 0.1) is 0 Å². The van der Waals surface area contributed by atoms with E-state index in [4.69, 9.17) is 0 Å². The van der Waals surface area contributed by atoms with Crippen molar-refractivity contribution in [1.82, 2.24) is 14.8 Å². The summed E-state index contributed by atoms with van der Waals surface area (Å²) in [6, 6.07) is 4.29. The minimum absolute atomic E-state index is 0.295. The van der Waals surface area contributed by atoms with Crippen molar-refractivity contribution < 1.29 is 0 Å². The summed E-state index contributed by atoms with van der Waals surface area (Å²) in [5, 5.41) is 10.9. The van der Waals surface area contributed by atoms with Crippen LogP contribution < -0.4 is 10.6 Å². The summed E-state index contributed by atoms with van der Waals surface area (Å²) >= 11 is 0. The van der Waals surface area contributed by atoms with Crippen molar-refractivity contribution in [3.63, 3.8) is 0 Å². The van der Waals surface area contributed by atoms with Crippen molar-refractivity contribution in [2.45, 2.75) is 26.4 Å². The second-order valence-corrected chi connectivity index (χ2v) is 4.27. The first-order valence-electron chi connectivity index (χ1n) is 6.21. The largest absolute Gasteiger partial charge is 0.384 e. The minimum atomic E-state index is 0.295. The first-order chi connectivity index (χ1) is 8.78. The second-order valence-electron chi connectivity index (χ2n) is 4.27. The summed E-state index contributed by atoms with van der Waals surface area (Å²) < 4.78 is 1.92. The maximum atomic E-state index is 4.21. The van der Waals surface area contributed by atoms with Gasteiger partial charge in [-0.1, -0.05) is 0 Å². The van der Waals surface area contributed by atoms with Crippen molar-refractivity contribution in [3.8, 4) is 0 Å². The van der Waals surface area contributed by atoms with Gasteiger partial charge < -0.3 is 10.6 Å². The molecule has 96 valence electrons. The Balaban J connectivity index is 1.93. The van der Waals surface area contributed by atoms with E-state index in [9.17, 15) is 0 Å². The Kier molecular flexibility index (Phi) is 4.17. The monoisotopic (exact) mass is 245 g/mol. The van der Waals surface area contributed by atoms with Gasteiger partial charge in [0, 0.05) is 25.0 Å². The van der Waals surface area contributed by atoms with Crippen LogP contribution in [0.2, 0.25) is 0 Å². The molecule has 0 radical (unpaired) electrons. The van der Waals surface area contributed by atoms with Gasteiger partial charge in [0.25, 0.3) is 0 Å². The lowest BCUT2D eigenvalue weighted by Gasteiger charge is -2.15. The highest BCUT2D eigenvalue weighted by molar-refractivity contribution is 5.54. The molecule has 0 aliphatic rings. The molecule has 2 rings (SSSR count). The van der Waals surface area contributed by atoms with E-state index >= 15 is 0 Å². The second kappa shape index (κ2) is 6.05. The number of nitrogens with zero attached hydrogens (tertiary/aromatic N) is 3. The van der Waals surface area contributed by atoms with Gasteiger partial charge in [-0.05, 0) is 26.0 Å². The van der Waals surface area contributed by atoms with Crippen molar-refractivity contribution in [2.24, 2.45) is 0 Å². The van der Waals surface area contributed by atoms with Gasteiger partial charge in [0.05, 0.1) is 30.3 Å². The SMILES string of the molecule is CCNc1cncc(NC(C)Cn2cccn2)c1. The molecule has 18 heavy (non-hydrogen) atoms. The molecule has 1 atom stereocenters. The number of hydrogen-bond acceptors (Lipinski definition) is 4. The number of hydrogen-bond donors (Lipinski definition) is 2. The highest BCUT2D eigenvalue weighted by Gasteiger charge is 2.04. The summed E-state index contributed by atoms with van der Waals surface area (Å²) in [5.41, 5.74) is 2.06. The van der Waals surface area contributed by atoms with E-state index in [1.54, 1.807) is 6.20 Å². The summed E-state index contributed by atoms with van der Waals surface area (Å²) in [6.07, 6.45) is 7.42. The summed E-state index contributed by atoms with van der Waals surface area (Å²) in [7, 11) is 0. The number of nitrogens with one attached hydrogen (secondary N) is 2. The van der Waals surface area contributed by atoms with E-state index in [-0.39, 0.29) is 0 Å². The molecule has 0 aliphatic heterocycles. The quantitative estimate of drug-likeness (QED) is 0.819. The maximum Gasteiger partial charge on any atom is 0.0608 e. The zero-order chi connectivity index (χ0) is 12.8. The minimum Gasteiger partial charge on any atom is -0.384 e. The standard InChI is InChI=1S/C13H19N5/c1-3-15-12-7-13(9-14-8-12)17-11(2)10-18-6-4-5-16-18/h4-9,11,15,17H,3,10H2,1-2H3. The Labute approximate surface area is 107 Å². The van der Waals surface area contributed by atoms with Crippen LogP contribution in [0.1, 0.15) is 13.8 Å². The van der Waals surface area contributed by atoms with Gasteiger partial charge in [-0.2, -0.15) is 5.10 Å². The predicted molar refractivity (Wildman–Crippen MR) is 73.7 cm³/mol. The summed E-state index contributed by atoms with van der Waals surface area (Å²) in [4.78, 5) is 4.21. The number of anilines is 2. The third-order valence-corrected chi connectivity index (χ3v) is 2.55. The van der Waals surface area contributed by atoms with Crippen LogP contribution in [0.3, 0.4) is 0 Å². The molecule has 0 spiro atoms. The number of pyridine rings is 1. The Bertz CT molecular complexity index is 466. The van der Waals surface area contributed by atoms with Crippen molar-refractivity contribution in [2.75, 3.05) is 17.2 Å². The molecule has 0 saturated carbocycles. The van der Waals surface area contributed by atoms with E-state index < -0.39 is 0 Å². The van der Waals surface area contributed by atoms with Crippen molar-refractivity contribution in [1.29, 1.82) is 0 Å². The molecule has 0 saturated heterocycles. The van der Waals surface area contributed by atoms with Crippen LogP contribution in [-0.4, -0.2) is 27.4 Å². The Morgan fingerprint density at radius 3 is 2.89 bits per heavy atom. The Hall–Kier alpha value is -2.04. The van der Waals surface area contributed by atoms with Crippen LogP contribution in [0.5, 0.6) is 0 Å². The number of aromatic nitrogens is 3. The van der Waals surface area contributed by atoms with Crippen molar-refractivity contribution >= 4 is 11.4 Å². The molecule has 1 unspecified atom stereocenters. The lowest BCUT2D eigenvalue weighted by atomic mass is 10.3. The van der Waals surface area contributed by atoms with Crippen molar-refractivity contribution in [3.05, 3.63) is 36.9 Å². The molecule has 0 fully saturated rings. The average Bonchev–Trinajstić information content (AvgIpc) is 2.82. The first-order valence-corrected chi connectivity index (χ1v) is 6.21. The van der Waals surface area contributed by atoms with Crippen LogP contribution >= 0.6 is 0 Å². The van der Waals surface area contributed by atoms with Gasteiger partial charge >= 0.3 is 0 Å². The van der Waals surface area contributed by atoms with Gasteiger partial charge in [-0.25, -0.2) is 0 Å². The molecule has 0 bridgehead atoms. The molecule has 5 heteroatoms. The van der Waals surface area contributed by atoms with E-state index in [2.05, 4.69) is 40.6 Å². The molecule has 2 aromatic rings. The van der Waals surface area contributed by atoms with Crippen LogP contribution in [0.15, 0.2) is 36.9 Å². The normalized spacial score (nSPS) is 12.1. The fraction of sp³-hybridized carbons (Fsp3) is 0.385. The molecule has 5 nitrogen and oxygen atoms in total. The first kappa shape index (κ1) is 12.4. The molecular weight excluding hydrogens is 226 g/mol. The fourth-order valence-corrected chi connectivity index (χ4v) is 1.84. The highest BCUT2D eigenvalue weighted by atomic mass is 15.3. The van der Waals surface area contributed by atoms with Gasteiger partial charge in [0.2, 0.25) is 0 Å². The predicted octanol–water partition coefficient (Wildman–Crippen LogP) is 2.21. The summed E-state index contributed by atoms with van der Waals surface area (Å²) in [6.45, 7) is 5.93. The third-order valence-electron chi connectivity index (χ3n) is 2.55. The highest BCUT2D eigenvalue weighted by Crippen LogP contribution is 2.13. The molecule has 2 N–H and O–H groups in total. The number of rotatable bonds is 6. The van der Waals surface area contributed by atoms with Crippen LogP contribution in [0.25, 0.3) is 0 Å². The molecule has 2 aromatic heterocycles. The smallest absolute Gasteiger partial charge is 0.0608 e. The maximum absolute atomic E-state index is 4.21.